The molecule has 116 valence electrons. The third-order valence-electron chi connectivity index (χ3n) is 4.89. The molecule has 1 aliphatic heterocycles. The van der Waals surface area contributed by atoms with Gasteiger partial charge in [0, 0.05) is 18.5 Å². The van der Waals surface area contributed by atoms with E-state index in [4.69, 9.17) is 0 Å². The predicted molar refractivity (Wildman–Crippen MR) is 86.4 cm³/mol. The van der Waals surface area contributed by atoms with Crippen molar-refractivity contribution in [2.45, 2.75) is 44.6 Å². The molecule has 0 spiro atoms. The highest BCUT2D eigenvalue weighted by molar-refractivity contribution is 7.18. The van der Waals surface area contributed by atoms with Crippen molar-refractivity contribution in [1.29, 1.82) is 0 Å². The van der Waals surface area contributed by atoms with E-state index < -0.39 is 0 Å². The number of nitrogens with zero attached hydrogens (tertiary/aromatic N) is 3. The SMILES string of the molecule is CN1CCC(n2cnc3sc4c(c3c2=O)CCCCC4)C1=O. The van der Waals surface area contributed by atoms with Crippen LogP contribution in [-0.4, -0.2) is 34.0 Å². The minimum atomic E-state index is -0.379. The second-order valence-electron chi connectivity index (χ2n) is 6.27. The summed E-state index contributed by atoms with van der Waals surface area (Å²) in [5.74, 6) is 0.0181. The van der Waals surface area contributed by atoms with Crippen molar-refractivity contribution >= 4 is 27.5 Å². The fourth-order valence-corrected chi connectivity index (χ4v) is 4.84. The number of thiophene rings is 1. The summed E-state index contributed by atoms with van der Waals surface area (Å²) in [6, 6.07) is -0.379. The molecule has 3 heterocycles. The van der Waals surface area contributed by atoms with Crippen LogP contribution in [-0.2, 0) is 17.6 Å². The zero-order valence-corrected chi connectivity index (χ0v) is 13.5. The molecule has 0 bridgehead atoms. The topological polar surface area (TPSA) is 55.2 Å². The lowest BCUT2D eigenvalue weighted by molar-refractivity contribution is -0.129. The molecular formula is C16H19N3O2S. The lowest BCUT2D eigenvalue weighted by atomic mass is 10.1. The maximum absolute atomic E-state index is 13.0. The Morgan fingerprint density at radius 1 is 1.23 bits per heavy atom. The van der Waals surface area contributed by atoms with Gasteiger partial charge >= 0.3 is 0 Å². The Kier molecular flexibility index (Phi) is 3.29. The molecule has 0 aromatic carbocycles. The number of likely N-dealkylation sites (N-methyl/N-ethyl adjacent to an activating group) is 1. The largest absolute Gasteiger partial charge is 0.344 e. The second-order valence-corrected chi connectivity index (χ2v) is 7.35. The maximum atomic E-state index is 13.0. The zero-order chi connectivity index (χ0) is 15.3. The van der Waals surface area contributed by atoms with Gasteiger partial charge in [0.25, 0.3) is 5.56 Å². The van der Waals surface area contributed by atoms with Crippen molar-refractivity contribution in [2.75, 3.05) is 13.6 Å². The smallest absolute Gasteiger partial charge is 0.263 e. The predicted octanol–water partition coefficient (Wildman–Crippen LogP) is 2.13. The van der Waals surface area contributed by atoms with Gasteiger partial charge in [-0.05, 0) is 37.7 Å². The Hall–Kier alpha value is -1.69. The first-order valence-electron chi connectivity index (χ1n) is 7.93. The van der Waals surface area contributed by atoms with Gasteiger partial charge < -0.3 is 4.90 Å². The van der Waals surface area contributed by atoms with Crippen molar-refractivity contribution in [3.05, 3.63) is 27.1 Å². The molecule has 2 aromatic heterocycles. The first-order chi connectivity index (χ1) is 10.7. The van der Waals surface area contributed by atoms with E-state index in [0.717, 1.165) is 29.5 Å². The summed E-state index contributed by atoms with van der Waals surface area (Å²) in [5.41, 5.74) is 1.17. The number of likely N-dealkylation sites (tertiary alicyclic amines) is 1. The number of carbonyl (C=O) groups is 1. The third kappa shape index (κ3) is 2.00. The molecule has 0 saturated carbocycles. The quantitative estimate of drug-likeness (QED) is 0.757. The number of aromatic nitrogens is 2. The Morgan fingerprint density at radius 3 is 2.82 bits per heavy atom. The third-order valence-corrected chi connectivity index (χ3v) is 6.09. The average molecular weight is 317 g/mol. The summed E-state index contributed by atoms with van der Waals surface area (Å²) in [7, 11) is 1.79. The number of amides is 1. The van der Waals surface area contributed by atoms with Crippen molar-refractivity contribution in [3.8, 4) is 0 Å². The molecule has 4 rings (SSSR count). The van der Waals surface area contributed by atoms with E-state index in [1.165, 1.54) is 23.3 Å². The Labute approximate surface area is 132 Å². The Balaban J connectivity index is 1.88. The normalized spacial score (nSPS) is 22.1. The van der Waals surface area contributed by atoms with Gasteiger partial charge in [0.15, 0.2) is 0 Å². The molecule has 1 unspecified atom stereocenters. The number of rotatable bonds is 1. The summed E-state index contributed by atoms with van der Waals surface area (Å²) in [4.78, 5) is 33.5. The van der Waals surface area contributed by atoms with E-state index in [1.54, 1.807) is 34.2 Å². The zero-order valence-electron chi connectivity index (χ0n) is 12.7. The van der Waals surface area contributed by atoms with Crippen LogP contribution in [0.5, 0.6) is 0 Å². The molecule has 2 aromatic rings. The van der Waals surface area contributed by atoms with E-state index in [2.05, 4.69) is 4.98 Å². The molecule has 5 nitrogen and oxygen atoms in total. The first-order valence-corrected chi connectivity index (χ1v) is 8.75. The molecule has 1 amide bonds. The van der Waals surface area contributed by atoms with Gasteiger partial charge in [0.1, 0.15) is 10.9 Å². The van der Waals surface area contributed by atoms with Crippen LogP contribution in [0.3, 0.4) is 0 Å². The van der Waals surface area contributed by atoms with E-state index in [0.29, 0.717) is 13.0 Å². The van der Waals surface area contributed by atoms with Crippen molar-refractivity contribution in [1.82, 2.24) is 14.5 Å². The fraction of sp³-hybridized carbons (Fsp3) is 0.562. The standard InChI is InChI=1S/C16H19N3O2S/c1-18-8-7-11(15(18)20)19-9-17-14-13(16(19)21)10-5-3-2-4-6-12(10)22-14/h9,11H,2-8H2,1H3. The summed E-state index contributed by atoms with van der Waals surface area (Å²) < 4.78 is 1.56. The fourth-order valence-electron chi connectivity index (χ4n) is 3.62. The number of aryl methyl sites for hydroxylation is 2. The molecule has 1 fully saturated rings. The van der Waals surface area contributed by atoms with Crippen LogP contribution in [0, 0.1) is 0 Å². The molecule has 0 radical (unpaired) electrons. The van der Waals surface area contributed by atoms with Crippen molar-refractivity contribution < 1.29 is 4.79 Å². The highest BCUT2D eigenvalue weighted by atomic mass is 32.1. The second kappa shape index (κ2) is 5.19. The summed E-state index contributed by atoms with van der Waals surface area (Å²) >= 11 is 1.66. The molecular weight excluding hydrogens is 298 g/mol. The van der Waals surface area contributed by atoms with E-state index in [-0.39, 0.29) is 17.5 Å². The molecule has 22 heavy (non-hydrogen) atoms. The number of carbonyl (C=O) groups excluding carboxylic acids is 1. The summed E-state index contributed by atoms with van der Waals surface area (Å²) in [6.45, 7) is 0.704. The maximum Gasteiger partial charge on any atom is 0.263 e. The monoisotopic (exact) mass is 317 g/mol. The van der Waals surface area contributed by atoms with Crippen molar-refractivity contribution in [3.63, 3.8) is 0 Å². The number of fused-ring (bicyclic) bond motifs is 3. The van der Waals surface area contributed by atoms with E-state index in [9.17, 15) is 9.59 Å². The van der Waals surface area contributed by atoms with Crippen LogP contribution in [0.25, 0.3) is 10.2 Å². The molecule has 2 aliphatic rings. The van der Waals surface area contributed by atoms with Gasteiger partial charge in [-0.3, -0.25) is 14.2 Å². The van der Waals surface area contributed by atoms with Gasteiger partial charge in [-0.15, -0.1) is 11.3 Å². The highest BCUT2D eigenvalue weighted by Crippen LogP contribution is 2.33. The minimum absolute atomic E-state index is 0.0181. The van der Waals surface area contributed by atoms with Crippen molar-refractivity contribution in [2.24, 2.45) is 0 Å². The van der Waals surface area contributed by atoms with Gasteiger partial charge in [-0.1, -0.05) is 6.42 Å². The Bertz CT molecular complexity index is 808. The lowest BCUT2D eigenvalue weighted by Gasteiger charge is -2.13. The van der Waals surface area contributed by atoms with Crippen LogP contribution in [0.15, 0.2) is 11.1 Å². The molecule has 1 atom stereocenters. The summed E-state index contributed by atoms with van der Waals surface area (Å²) in [5, 5.41) is 0.770. The minimum Gasteiger partial charge on any atom is -0.344 e. The van der Waals surface area contributed by atoms with Crippen LogP contribution >= 0.6 is 11.3 Å². The van der Waals surface area contributed by atoms with Crippen LogP contribution in [0.1, 0.15) is 42.2 Å². The number of hydrogen-bond donors (Lipinski definition) is 0. The summed E-state index contributed by atoms with van der Waals surface area (Å²) in [6.07, 6.45) is 7.84. The van der Waals surface area contributed by atoms with E-state index >= 15 is 0 Å². The van der Waals surface area contributed by atoms with Gasteiger partial charge in [-0.2, -0.15) is 0 Å². The number of hydrogen-bond acceptors (Lipinski definition) is 4. The van der Waals surface area contributed by atoms with Gasteiger partial charge in [0.2, 0.25) is 5.91 Å². The first kappa shape index (κ1) is 13.9. The average Bonchev–Trinajstić information content (AvgIpc) is 2.93. The molecule has 0 N–H and O–H groups in total. The molecule has 1 saturated heterocycles. The molecule has 6 heteroatoms. The van der Waals surface area contributed by atoms with E-state index in [1.807, 2.05) is 0 Å². The lowest BCUT2D eigenvalue weighted by Crippen LogP contribution is -2.31. The van der Waals surface area contributed by atoms with Crippen LogP contribution in [0.4, 0.5) is 0 Å². The van der Waals surface area contributed by atoms with Gasteiger partial charge in [-0.25, -0.2) is 4.98 Å². The van der Waals surface area contributed by atoms with Gasteiger partial charge in [0.05, 0.1) is 11.7 Å². The van der Waals surface area contributed by atoms with Crippen LogP contribution in [0.2, 0.25) is 0 Å². The van der Waals surface area contributed by atoms with Crippen LogP contribution < -0.4 is 5.56 Å². The molecule has 1 aliphatic carbocycles. The highest BCUT2D eigenvalue weighted by Gasteiger charge is 2.32. The Morgan fingerprint density at radius 2 is 2.05 bits per heavy atom.